The first-order valence-corrected chi connectivity index (χ1v) is 11.8. The Morgan fingerprint density at radius 2 is 1.79 bits per heavy atom. The van der Waals surface area contributed by atoms with E-state index in [2.05, 4.69) is 12.1 Å². The van der Waals surface area contributed by atoms with Crippen LogP contribution >= 0.6 is 11.8 Å². The van der Waals surface area contributed by atoms with Gasteiger partial charge in [-0.2, -0.15) is 11.8 Å². The van der Waals surface area contributed by atoms with E-state index >= 15 is 0 Å². The van der Waals surface area contributed by atoms with Crippen LogP contribution in [0.3, 0.4) is 0 Å². The van der Waals surface area contributed by atoms with Gasteiger partial charge < -0.3 is 20.4 Å². The summed E-state index contributed by atoms with van der Waals surface area (Å²) in [5, 5.41) is 40.2. The van der Waals surface area contributed by atoms with Gasteiger partial charge in [-0.15, -0.1) is 0 Å². The average molecular weight is 425 g/mol. The van der Waals surface area contributed by atoms with E-state index in [0.29, 0.717) is 25.0 Å². The Labute approximate surface area is 178 Å². The summed E-state index contributed by atoms with van der Waals surface area (Å²) in [6.07, 6.45) is 5.29. The largest absolute Gasteiger partial charge is 0.481 e. The zero-order valence-electron chi connectivity index (χ0n) is 17.4. The highest BCUT2D eigenvalue weighted by atomic mass is 32.2. The normalized spacial score (nSPS) is 26.3. The lowest BCUT2D eigenvalue weighted by Crippen LogP contribution is -2.32. The topological polar surface area (TPSA) is 98.0 Å². The number of rotatable bonds is 13. The predicted molar refractivity (Wildman–Crippen MR) is 117 cm³/mol. The average Bonchev–Trinajstić information content (AvgIpc) is 2.94. The maximum Gasteiger partial charge on any atom is 0.303 e. The molecule has 0 aliphatic heterocycles. The molecule has 0 saturated heterocycles. The van der Waals surface area contributed by atoms with Crippen molar-refractivity contribution < 1.29 is 25.2 Å². The van der Waals surface area contributed by atoms with Crippen LogP contribution in [-0.2, 0) is 11.2 Å². The van der Waals surface area contributed by atoms with Crippen molar-refractivity contribution in [3.63, 3.8) is 0 Å². The Balaban J connectivity index is 1.76. The van der Waals surface area contributed by atoms with Crippen LogP contribution in [0.2, 0.25) is 0 Å². The number of hydrogen-bond acceptors (Lipinski definition) is 5. The summed E-state index contributed by atoms with van der Waals surface area (Å²) in [7, 11) is 0. The van der Waals surface area contributed by atoms with Gasteiger partial charge in [-0.25, -0.2) is 0 Å². The molecule has 1 aromatic carbocycles. The van der Waals surface area contributed by atoms with Crippen LogP contribution in [0.5, 0.6) is 0 Å². The first kappa shape index (κ1) is 24.2. The van der Waals surface area contributed by atoms with Gasteiger partial charge >= 0.3 is 5.97 Å². The number of carboxylic acid groups (broad SMARTS) is 1. The molecule has 4 N–H and O–H groups in total. The van der Waals surface area contributed by atoms with Crippen LogP contribution in [0.25, 0.3) is 0 Å². The van der Waals surface area contributed by atoms with E-state index in [1.807, 2.05) is 25.1 Å². The molecule has 1 saturated carbocycles. The second-order valence-corrected chi connectivity index (χ2v) is 9.81. The van der Waals surface area contributed by atoms with Gasteiger partial charge in [-0.05, 0) is 44.1 Å². The number of carboxylic acids is 1. The summed E-state index contributed by atoms with van der Waals surface area (Å²) in [5.41, 5.74) is 0.379. The van der Waals surface area contributed by atoms with Crippen LogP contribution in [-0.4, -0.2) is 55.2 Å². The van der Waals surface area contributed by atoms with Crippen LogP contribution < -0.4 is 0 Å². The number of aliphatic carboxylic acids is 1. The molecule has 0 radical (unpaired) electrons. The molecule has 0 bridgehead atoms. The summed E-state index contributed by atoms with van der Waals surface area (Å²) in [6, 6.07) is 10.1. The van der Waals surface area contributed by atoms with Crippen LogP contribution in [0.1, 0.15) is 63.9 Å². The Hall–Kier alpha value is -1.08. The van der Waals surface area contributed by atoms with E-state index in [9.17, 15) is 20.1 Å². The van der Waals surface area contributed by atoms with Crippen molar-refractivity contribution in [3.8, 4) is 0 Å². The quantitative estimate of drug-likeness (QED) is 0.361. The molecule has 1 aliphatic carbocycles. The third kappa shape index (κ3) is 8.67. The molecule has 29 heavy (non-hydrogen) atoms. The molecule has 0 heterocycles. The Bertz CT molecular complexity index is 607. The molecule has 0 spiro atoms. The van der Waals surface area contributed by atoms with Crippen molar-refractivity contribution in [3.05, 3.63) is 35.9 Å². The number of aryl methyl sites for hydroxylation is 1. The minimum atomic E-state index is -0.824. The third-order valence-electron chi connectivity index (χ3n) is 5.84. The van der Waals surface area contributed by atoms with E-state index in [4.69, 9.17) is 5.11 Å². The first-order chi connectivity index (χ1) is 13.8. The van der Waals surface area contributed by atoms with E-state index < -0.39 is 23.8 Å². The van der Waals surface area contributed by atoms with E-state index in [-0.39, 0.29) is 17.6 Å². The minimum absolute atomic E-state index is 0.0272. The number of aliphatic hydroxyl groups is 3. The number of hydrogen-bond donors (Lipinski definition) is 4. The van der Waals surface area contributed by atoms with Crippen LogP contribution in [0, 0.1) is 5.92 Å². The molecule has 1 aliphatic rings. The third-order valence-corrected chi connectivity index (χ3v) is 7.68. The van der Waals surface area contributed by atoms with Crippen molar-refractivity contribution in [1.29, 1.82) is 0 Å². The maximum absolute atomic E-state index is 10.8. The zero-order chi connectivity index (χ0) is 21.3. The second kappa shape index (κ2) is 11.9. The Kier molecular flexibility index (Phi) is 9.96. The maximum atomic E-state index is 10.8. The number of benzene rings is 1. The Morgan fingerprint density at radius 3 is 2.48 bits per heavy atom. The number of unbranched alkanes of at least 4 members (excludes halogenated alkanes) is 3. The fraction of sp³-hybridized carbons (Fsp3) is 0.696. The summed E-state index contributed by atoms with van der Waals surface area (Å²) in [4.78, 5) is 10.6. The lowest BCUT2D eigenvalue weighted by atomic mass is 9.97. The van der Waals surface area contributed by atoms with E-state index in [0.717, 1.165) is 32.1 Å². The molecule has 5 unspecified atom stereocenters. The van der Waals surface area contributed by atoms with Gasteiger partial charge in [0.05, 0.1) is 17.8 Å². The summed E-state index contributed by atoms with van der Waals surface area (Å²) < 4.78 is 0. The smallest absolute Gasteiger partial charge is 0.303 e. The summed E-state index contributed by atoms with van der Waals surface area (Å²) >= 11 is 1.58. The molecule has 5 nitrogen and oxygen atoms in total. The lowest BCUT2D eigenvalue weighted by molar-refractivity contribution is -0.137. The van der Waals surface area contributed by atoms with Gasteiger partial charge in [-0.3, -0.25) is 4.79 Å². The van der Waals surface area contributed by atoms with Gasteiger partial charge in [0.15, 0.2) is 0 Å². The van der Waals surface area contributed by atoms with Crippen molar-refractivity contribution >= 4 is 17.7 Å². The number of carbonyl (C=O) groups is 1. The van der Waals surface area contributed by atoms with Crippen molar-refractivity contribution in [2.75, 3.05) is 5.75 Å². The summed E-state index contributed by atoms with van der Waals surface area (Å²) in [6.45, 7) is 1.85. The highest BCUT2D eigenvalue weighted by Crippen LogP contribution is 2.40. The lowest BCUT2D eigenvalue weighted by Gasteiger charge is -2.28. The standard InChI is InChI=1S/C23H36O5S/c1-23(28,14-13-17-9-5-4-6-10-17)16-29-22-18(19(24)15-20(22)25)11-7-2-3-8-12-21(26)27/h4-6,9-10,18-20,22,24-25,28H,2-3,7-8,11-16H2,1H3,(H,26,27). The van der Waals surface area contributed by atoms with Crippen molar-refractivity contribution in [2.45, 2.75) is 87.8 Å². The van der Waals surface area contributed by atoms with Crippen LogP contribution in [0.15, 0.2) is 30.3 Å². The van der Waals surface area contributed by atoms with E-state index in [1.54, 1.807) is 11.8 Å². The fourth-order valence-corrected chi connectivity index (χ4v) is 5.66. The monoisotopic (exact) mass is 424 g/mol. The first-order valence-electron chi connectivity index (χ1n) is 10.7. The van der Waals surface area contributed by atoms with Gasteiger partial charge in [0.1, 0.15) is 0 Å². The number of thioether (sulfide) groups is 1. The van der Waals surface area contributed by atoms with Gasteiger partial charge in [0, 0.05) is 23.8 Å². The molecule has 0 amide bonds. The van der Waals surface area contributed by atoms with Crippen molar-refractivity contribution in [2.24, 2.45) is 5.92 Å². The summed E-state index contributed by atoms with van der Waals surface area (Å²) in [5.74, 6) is -0.196. The van der Waals surface area contributed by atoms with Crippen molar-refractivity contribution in [1.82, 2.24) is 0 Å². The number of aliphatic hydroxyl groups excluding tert-OH is 2. The second-order valence-electron chi connectivity index (χ2n) is 8.64. The molecular weight excluding hydrogens is 388 g/mol. The Morgan fingerprint density at radius 1 is 1.10 bits per heavy atom. The fourth-order valence-electron chi connectivity index (χ4n) is 4.07. The predicted octanol–water partition coefficient (Wildman–Crippen LogP) is 3.64. The molecule has 1 fully saturated rings. The van der Waals surface area contributed by atoms with E-state index in [1.165, 1.54) is 5.56 Å². The molecular formula is C23H36O5S. The zero-order valence-corrected chi connectivity index (χ0v) is 18.2. The van der Waals surface area contributed by atoms with Crippen LogP contribution in [0.4, 0.5) is 0 Å². The highest BCUT2D eigenvalue weighted by molar-refractivity contribution is 8.00. The molecule has 5 atom stereocenters. The minimum Gasteiger partial charge on any atom is -0.481 e. The molecule has 6 heteroatoms. The molecule has 1 aromatic rings. The molecule has 2 rings (SSSR count). The van der Waals surface area contributed by atoms with Gasteiger partial charge in [-0.1, -0.05) is 49.6 Å². The highest BCUT2D eigenvalue weighted by Gasteiger charge is 2.42. The molecule has 0 aromatic heterocycles. The van der Waals surface area contributed by atoms with Gasteiger partial charge in [0.2, 0.25) is 0 Å². The SMILES string of the molecule is CC(O)(CCc1ccccc1)CSC1C(O)CC(O)C1CCCCCCC(=O)O. The molecule has 164 valence electrons. The van der Waals surface area contributed by atoms with Gasteiger partial charge in [0.25, 0.3) is 0 Å².